The van der Waals surface area contributed by atoms with Crippen molar-refractivity contribution in [3.05, 3.63) is 35.4 Å². The van der Waals surface area contributed by atoms with Gasteiger partial charge in [-0.2, -0.15) is 0 Å². The van der Waals surface area contributed by atoms with Crippen molar-refractivity contribution in [3.8, 4) is 0 Å². The van der Waals surface area contributed by atoms with E-state index in [-0.39, 0.29) is 5.56 Å². The van der Waals surface area contributed by atoms with Crippen molar-refractivity contribution in [1.82, 2.24) is 5.32 Å². The maximum Gasteiger partial charge on any atom is 0.307 e. The van der Waals surface area contributed by atoms with Crippen LogP contribution in [0.4, 0.5) is 8.78 Å². The van der Waals surface area contributed by atoms with Crippen molar-refractivity contribution in [2.24, 2.45) is 11.8 Å². The predicted molar refractivity (Wildman–Crippen MR) is 66.8 cm³/mol. The number of halogens is 2. The fourth-order valence-electron chi connectivity index (χ4n) is 2.22. The van der Waals surface area contributed by atoms with Gasteiger partial charge < -0.3 is 10.4 Å². The number of carboxylic acids is 1. The second kappa shape index (κ2) is 5.56. The Kier molecular flexibility index (Phi) is 4.01. The first-order valence-corrected chi connectivity index (χ1v) is 6.42. The zero-order chi connectivity index (χ0) is 14.9. The third kappa shape index (κ3) is 2.95. The number of carbonyl (C=O) groups excluding carboxylic acids is 1. The molecule has 0 bridgehead atoms. The molecule has 1 aliphatic carbocycles. The number of benzene rings is 1. The number of rotatable bonds is 5. The molecule has 2 N–H and O–H groups in total. The summed E-state index contributed by atoms with van der Waals surface area (Å²) in [7, 11) is 0. The van der Waals surface area contributed by atoms with Crippen LogP contribution in [-0.4, -0.2) is 17.0 Å². The molecule has 3 atom stereocenters. The second-order valence-corrected chi connectivity index (χ2v) is 4.92. The van der Waals surface area contributed by atoms with Crippen molar-refractivity contribution >= 4 is 11.9 Å². The average molecular weight is 283 g/mol. The molecule has 1 amide bonds. The minimum Gasteiger partial charge on any atom is -0.481 e. The van der Waals surface area contributed by atoms with Crippen LogP contribution in [-0.2, 0) is 9.59 Å². The molecule has 0 heterocycles. The average Bonchev–Trinajstić information content (AvgIpc) is 3.19. The Balaban J connectivity index is 2.08. The van der Waals surface area contributed by atoms with Crippen LogP contribution in [0.25, 0.3) is 0 Å². The molecule has 0 unspecified atom stereocenters. The van der Waals surface area contributed by atoms with Gasteiger partial charge in [0, 0.05) is 5.56 Å². The van der Waals surface area contributed by atoms with Crippen LogP contribution in [0.3, 0.4) is 0 Å². The molecule has 1 aromatic carbocycles. The molecule has 2 rings (SSSR count). The van der Waals surface area contributed by atoms with E-state index in [1.807, 2.05) is 0 Å². The Labute approximate surface area is 114 Å². The number of carboxylic acid groups (broad SMARTS) is 1. The molecule has 1 aliphatic rings. The predicted octanol–water partition coefficient (Wildman–Crippen LogP) is 2.25. The van der Waals surface area contributed by atoms with Gasteiger partial charge in [-0.1, -0.05) is 6.92 Å². The smallest absolute Gasteiger partial charge is 0.307 e. The van der Waals surface area contributed by atoms with Crippen molar-refractivity contribution in [1.29, 1.82) is 0 Å². The van der Waals surface area contributed by atoms with Gasteiger partial charge in [0.2, 0.25) is 5.91 Å². The van der Waals surface area contributed by atoms with E-state index in [1.165, 1.54) is 0 Å². The highest BCUT2D eigenvalue weighted by molar-refractivity contribution is 5.89. The number of nitrogens with one attached hydrogen (secondary N) is 1. The lowest BCUT2D eigenvalue weighted by Crippen LogP contribution is -2.31. The minimum atomic E-state index is -1.00. The lowest BCUT2D eigenvalue weighted by molar-refractivity contribution is -0.140. The summed E-state index contributed by atoms with van der Waals surface area (Å²) in [6.07, 6.45) is 0.680. The number of amides is 1. The first-order chi connectivity index (χ1) is 9.43. The van der Waals surface area contributed by atoms with E-state index in [2.05, 4.69) is 5.32 Å². The zero-order valence-corrected chi connectivity index (χ0v) is 10.9. The Morgan fingerprint density at radius 1 is 1.40 bits per heavy atom. The van der Waals surface area contributed by atoms with Crippen molar-refractivity contribution < 1.29 is 23.5 Å². The summed E-state index contributed by atoms with van der Waals surface area (Å²) in [5, 5.41) is 11.4. The molecular weight excluding hydrogens is 268 g/mol. The third-order valence-electron chi connectivity index (χ3n) is 3.50. The summed E-state index contributed by atoms with van der Waals surface area (Å²) in [5.41, 5.74) is 0.0772. The van der Waals surface area contributed by atoms with Crippen molar-refractivity contribution in [3.63, 3.8) is 0 Å². The molecule has 1 fully saturated rings. The molecule has 108 valence electrons. The summed E-state index contributed by atoms with van der Waals surface area (Å²) >= 11 is 0. The van der Waals surface area contributed by atoms with Crippen LogP contribution >= 0.6 is 0 Å². The van der Waals surface area contributed by atoms with Gasteiger partial charge >= 0.3 is 5.97 Å². The zero-order valence-electron chi connectivity index (χ0n) is 10.9. The van der Waals surface area contributed by atoms with E-state index in [0.29, 0.717) is 12.8 Å². The summed E-state index contributed by atoms with van der Waals surface area (Å²) < 4.78 is 26.8. The Morgan fingerprint density at radius 2 is 2.10 bits per heavy atom. The molecule has 20 heavy (non-hydrogen) atoms. The van der Waals surface area contributed by atoms with Gasteiger partial charge in [-0.25, -0.2) is 8.78 Å². The molecular formula is C14H15F2NO3. The second-order valence-electron chi connectivity index (χ2n) is 4.92. The molecule has 0 saturated heterocycles. The van der Waals surface area contributed by atoms with Gasteiger partial charge in [-0.15, -0.1) is 0 Å². The van der Waals surface area contributed by atoms with Gasteiger partial charge in [0.1, 0.15) is 11.6 Å². The van der Waals surface area contributed by atoms with E-state index in [4.69, 9.17) is 5.11 Å². The SMILES string of the molecule is CC[C@H](NC(=O)[C@H]1C[C@@H]1C(=O)O)c1cc(F)ccc1F. The topological polar surface area (TPSA) is 66.4 Å². The van der Waals surface area contributed by atoms with Crippen LogP contribution in [0, 0.1) is 23.5 Å². The highest BCUT2D eigenvalue weighted by Crippen LogP contribution is 2.39. The maximum atomic E-state index is 13.7. The molecule has 4 nitrogen and oxygen atoms in total. The monoisotopic (exact) mass is 283 g/mol. The standard InChI is InChI=1S/C14H15F2NO3/c1-2-12(10-5-7(15)3-4-11(10)16)17-13(18)8-6-9(8)14(19)20/h3-5,8-9,12H,2,6H2,1H3,(H,17,18)(H,19,20)/t8-,9-,12-/m0/s1. The molecule has 0 aliphatic heterocycles. The molecule has 6 heteroatoms. The summed E-state index contributed by atoms with van der Waals surface area (Å²) in [4.78, 5) is 22.6. The molecule has 0 spiro atoms. The van der Waals surface area contributed by atoms with Gasteiger partial charge in [-0.05, 0) is 31.0 Å². The lowest BCUT2D eigenvalue weighted by atomic mass is 10.0. The lowest BCUT2D eigenvalue weighted by Gasteiger charge is -2.18. The maximum absolute atomic E-state index is 13.7. The fraction of sp³-hybridized carbons (Fsp3) is 0.429. The highest BCUT2D eigenvalue weighted by atomic mass is 19.1. The van der Waals surface area contributed by atoms with E-state index >= 15 is 0 Å². The Morgan fingerprint density at radius 3 is 2.65 bits per heavy atom. The molecule has 0 aromatic heterocycles. The van der Waals surface area contributed by atoms with E-state index < -0.39 is 41.4 Å². The first kappa shape index (κ1) is 14.4. The molecule has 1 saturated carbocycles. The summed E-state index contributed by atoms with van der Waals surface area (Å²) in [6.45, 7) is 1.73. The van der Waals surface area contributed by atoms with E-state index in [9.17, 15) is 18.4 Å². The summed E-state index contributed by atoms with van der Waals surface area (Å²) in [6, 6.07) is 2.41. The van der Waals surface area contributed by atoms with Crippen LogP contribution in [0.2, 0.25) is 0 Å². The Hall–Kier alpha value is -1.98. The Bertz CT molecular complexity index is 547. The van der Waals surface area contributed by atoms with Crippen LogP contribution in [0.5, 0.6) is 0 Å². The largest absolute Gasteiger partial charge is 0.481 e. The first-order valence-electron chi connectivity index (χ1n) is 6.42. The normalized spacial score (nSPS) is 22.1. The van der Waals surface area contributed by atoms with E-state index in [1.54, 1.807) is 6.92 Å². The number of hydrogen-bond donors (Lipinski definition) is 2. The third-order valence-corrected chi connectivity index (χ3v) is 3.50. The number of carbonyl (C=O) groups is 2. The van der Waals surface area contributed by atoms with Gasteiger partial charge in [0.25, 0.3) is 0 Å². The van der Waals surface area contributed by atoms with E-state index in [0.717, 1.165) is 18.2 Å². The van der Waals surface area contributed by atoms with Gasteiger partial charge in [0.05, 0.1) is 17.9 Å². The molecule has 1 aromatic rings. The molecule has 0 radical (unpaired) electrons. The van der Waals surface area contributed by atoms with Crippen LogP contribution < -0.4 is 5.32 Å². The number of hydrogen-bond acceptors (Lipinski definition) is 2. The van der Waals surface area contributed by atoms with Crippen LogP contribution in [0.15, 0.2) is 18.2 Å². The van der Waals surface area contributed by atoms with Crippen molar-refractivity contribution in [2.75, 3.05) is 0 Å². The number of aliphatic carboxylic acids is 1. The van der Waals surface area contributed by atoms with Gasteiger partial charge in [0.15, 0.2) is 0 Å². The van der Waals surface area contributed by atoms with Crippen molar-refractivity contribution in [2.45, 2.75) is 25.8 Å². The van der Waals surface area contributed by atoms with Gasteiger partial charge in [-0.3, -0.25) is 9.59 Å². The highest BCUT2D eigenvalue weighted by Gasteiger charge is 2.48. The quantitative estimate of drug-likeness (QED) is 0.871. The fourth-order valence-corrected chi connectivity index (χ4v) is 2.22. The minimum absolute atomic E-state index is 0.0772. The van der Waals surface area contributed by atoms with Crippen LogP contribution in [0.1, 0.15) is 31.4 Å². The summed E-state index contributed by atoms with van der Waals surface area (Å²) in [5.74, 6) is -3.83.